The first kappa shape index (κ1) is 24.2. The molecule has 3 aromatic rings. The fourth-order valence-electron chi connectivity index (χ4n) is 3.95. The molecule has 0 radical (unpaired) electrons. The van der Waals surface area contributed by atoms with Gasteiger partial charge in [0.15, 0.2) is 0 Å². The number of esters is 1. The summed E-state index contributed by atoms with van der Waals surface area (Å²) in [5.74, 6) is 2.45. The van der Waals surface area contributed by atoms with Gasteiger partial charge in [-0.2, -0.15) is 11.8 Å². The number of nitrogens with one attached hydrogen (secondary N) is 1. The maximum Gasteiger partial charge on any atom is 0.340 e. The van der Waals surface area contributed by atoms with E-state index >= 15 is 0 Å². The Morgan fingerprint density at radius 3 is 2.74 bits per heavy atom. The molecule has 0 aliphatic carbocycles. The van der Waals surface area contributed by atoms with Crippen LogP contribution in [0.3, 0.4) is 0 Å². The lowest BCUT2D eigenvalue weighted by Gasteiger charge is -2.30. The van der Waals surface area contributed by atoms with Crippen LogP contribution >= 0.6 is 11.8 Å². The van der Waals surface area contributed by atoms with Crippen molar-refractivity contribution in [2.24, 2.45) is 5.73 Å². The Labute approximate surface area is 204 Å². The molecule has 1 aliphatic heterocycles. The first-order chi connectivity index (χ1) is 16.1. The smallest absolute Gasteiger partial charge is 0.340 e. The third-order valence-corrected chi connectivity index (χ3v) is 6.27. The summed E-state index contributed by atoms with van der Waals surface area (Å²) in [7, 11) is 0. The molecule has 0 fully saturated rings. The number of nitrogens with two attached hydrogens (primary N) is 1. The van der Waals surface area contributed by atoms with Gasteiger partial charge in [-0.05, 0) is 75.3 Å². The van der Waals surface area contributed by atoms with Crippen molar-refractivity contribution in [3.8, 4) is 5.88 Å². The Hall–Kier alpha value is -2.91. The third kappa shape index (κ3) is 5.26. The van der Waals surface area contributed by atoms with Crippen LogP contribution in [-0.2, 0) is 16.7 Å². The molecule has 34 heavy (non-hydrogen) atoms. The molecule has 0 bridgehead atoms. The van der Waals surface area contributed by atoms with Crippen molar-refractivity contribution < 1.29 is 14.3 Å². The summed E-state index contributed by atoms with van der Waals surface area (Å²) in [5.41, 5.74) is 7.37. The van der Waals surface area contributed by atoms with Gasteiger partial charge >= 0.3 is 5.97 Å². The third-order valence-electron chi connectivity index (χ3n) is 5.57. The van der Waals surface area contributed by atoms with Gasteiger partial charge < -0.3 is 20.5 Å². The van der Waals surface area contributed by atoms with Crippen molar-refractivity contribution in [2.45, 2.75) is 51.7 Å². The number of rotatable bonds is 8. The Bertz CT molecular complexity index is 1220. The lowest BCUT2D eigenvalue weighted by atomic mass is 9.93. The van der Waals surface area contributed by atoms with Gasteiger partial charge in [-0.25, -0.2) is 19.7 Å². The van der Waals surface area contributed by atoms with Crippen LogP contribution in [0.2, 0.25) is 0 Å². The van der Waals surface area contributed by atoms with E-state index in [0.29, 0.717) is 41.8 Å². The van der Waals surface area contributed by atoms with E-state index in [0.717, 1.165) is 28.5 Å². The number of cyclic esters (lactones) is 1. The summed E-state index contributed by atoms with van der Waals surface area (Å²) in [4.78, 5) is 26.0. The summed E-state index contributed by atoms with van der Waals surface area (Å²) < 4.78 is 11.4. The van der Waals surface area contributed by atoms with Crippen LogP contribution in [0, 0.1) is 0 Å². The second kappa shape index (κ2) is 9.38. The number of fused-ring (bicyclic) bond motifs is 2. The number of carbonyl (C=O) groups excluding carboxylic acids is 1. The molecule has 1 aliphatic rings. The average molecular weight is 482 g/mol. The molecule has 3 aromatic heterocycles. The summed E-state index contributed by atoms with van der Waals surface area (Å²) >= 11 is 1.79. The zero-order valence-electron chi connectivity index (χ0n) is 20.3. The normalized spacial score (nSPS) is 15.1. The van der Waals surface area contributed by atoms with Crippen molar-refractivity contribution in [1.82, 2.24) is 15.0 Å². The molecule has 0 spiro atoms. The van der Waals surface area contributed by atoms with Gasteiger partial charge in [0.2, 0.25) is 5.88 Å². The van der Waals surface area contributed by atoms with Gasteiger partial charge in [0.1, 0.15) is 17.2 Å². The maximum atomic E-state index is 12.3. The van der Waals surface area contributed by atoms with Gasteiger partial charge in [-0.3, -0.25) is 0 Å². The van der Waals surface area contributed by atoms with E-state index < -0.39 is 11.1 Å². The minimum Gasteiger partial charge on any atom is -0.477 e. The van der Waals surface area contributed by atoms with Crippen molar-refractivity contribution in [3.63, 3.8) is 0 Å². The highest BCUT2D eigenvalue weighted by Gasteiger charge is 2.33. The number of aromatic nitrogens is 3. The maximum absolute atomic E-state index is 12.3. The van der Waals surface area contributed by atoms with Gasteiger partial charge in [0.25, 0.3) is 0 Å². The van der Waals surface area contributed by atoms with E-state index in [-0.39, 0.29) is 5.97 Å². The fourth-order valence-corrected chi connectivity index (χ4v) is 4.35. The summed E-state index contributed by atoms with van der Waals surface area (Å²) in [6.45, 7) is 8.24. The number of hydrogen-bond acceptors (Lipinski definition) is 9. The summed E-state index contributed by atoms with van der Waals surface area (Å²) in [5, 5.41) is 5.00. The molecule has 4 heterocycles. The Balaban J connectivity index is 1.67. The first-order valence-electron chi connectivity index (χ1n) is 11.3. The molecular formula is C25H31N5O3S. The van der Waals surface area contributed by atoms with E-state index in [2.05, 4.69) is 26.5 Å². The molecule has 8 nitrogen and oxygen atoms in total. The molecule has 0 atom stereocenters. The summed E-state index contributed by atoms with van der Waals surface area (Å²) in [6, 6.07) is 5.43. The molecule has 3 N–H and O–H groups in total. The highest BCUT2D eigenvalue weighted by atomic mass is 32.2. The van der Waals surface area contributed by atoms with Crippen molar-refractivity contribution in [3.05, 3.63) is 47.4 Å². The fraction of sp³-hybridized carbons (Fsp3) is 0.440. The highest BCUT2D eigenvalue weighted by molar-refractivity contribution is 7.98. The predicted octanol–water partition coefficient (Wildman–Crippen LogP) is 4.59. The lowest BCUT2D eigenvalue weighted by Crippen LogP contribution is -2.36. The van der Waals surface area contributed by atoms with E-state index in [4.69, 9.17) is 15.2 Å². The number of ether oxygens (including phenoxy) is 2. The van der Waals surface area contributed by atoms with Crippen LogP contribution < -0.4 is 15.8 Å². The molecule has 9 heteroatoms. The summed E-state index contributed by atoms with van der Waals surface area (Å²) in [6.07, 6.45) is 7.09. The van der Waals surface area contributed by atoms with E-state index in [1.165, 1.54) is 0 Å². The number of hydrogen-bond donors (Lipinski definition) is 2. The highest BCUT2D eigenvalue weighted by Crippen LogP contribution is 2.33. The van der Waals surface area contributed by atoms with Crippen LogP contribution in [0.15, 0.2) is 30.6 Å². The molecular weight excluding hydrogens is 450 g/mol. The van der Waals surface area contributed by atoms with Crippen molar-refractivity contribution in [1.29, 1.82) is 0 Å². The number of nitrogens with zero attached hydrogens (tertiary/aromatic N) is 3. The Morgan fingerprint density at radius 2 is 2.00 bits per heavy atom. The second-order valence-electron chi connectivity index (χ2n) is 9.65. The molecule has 0 amide bonds. The van der Waals surface area contributed by atoms with Crippen LogP contribution in [0.5, 0.6) is 5.88 Å². The average Bonchev–Trinajstić information content (AvgIpc) is 2.74. The topological polar surface area (TPSA) is 112 Å². The lowest BCUT2D eigenvalue weighted by molar-refractivity contribution is -0.00714. The van der Waals surface area contributed by atoms with Gasteiger partial charge in [0.05, 0.1) is 23.3 Å². The second-order valence-corrected chi connectivity index (χ2v) is 10.6. The van der Waals surface area contributed by atoms with E-state index in [1.54, 1.807) is 36.3 Å². The SMILES string of the molecule is CSCCCOc1ncc(C(C)(C)N)c2cc(Nc3ccc4c(n3)CC(C)(C)OC4=O)ncc12. The molecule has 180 valence electrons. The monoisotopic (exact) mass is 481 g/mol. The zero-order valence-corrected chi connectivity index (χ0v) is 21.1. The van der Waals surface area contributed by atoms with E-state index in [9.17, 15) is 4.79 Å². The number of pyridine rings is 3. The Kier molecular flexibility index (Phi) is 6.69. The molecule has 0 unspecified atom stereocenters. The molecule has 4 rings (SSSR count). The largest absolute Gasteiger partial charge is 0.477 e. The zero-order chi connectivity index (χ0) is 24.5. The van der Waals surface area contributed by atoms with Gasteiger partial charge in [-0.15, -0.1) is 0 Å². The van der Waals surface area contributed by atoms with Crippen LogP contribution in [0.4, 0.5) is 11.6 Å². The van der Waals surface area contributed by atoms with E-state index in [1.807, 2.05) is 33.8 Å². The molecule has 0 saturated heterocycles. The van der Waals surface area contributed by atoms with Gasteiger partial charge in [-0.1, -0.05) is 0 Å². The first-order valence-corrected chi connectivity index (χ1v) is 12.7. The molecule has 0 saturated carbocycles. The number of thioether (sulfide) groups is 1. The van der Waals surface area contributed by atoms with Crippen molar-refractivity contribution in [2.75, 3.05) is 23.9 Å². The van der Waals surface area contributed by atoms with Crippen molar-refractivity contribution >= 4 is 40.1 Å². The van der Waals surface area contributed by atoms with Crippen LogP contribution in [0.1, 0.15) is 55.7 Å². The number of anilines is 2. The Morgan fingerprint density at radius 1 is 1.21 bits per heavy atom. The minimum atomic E-state index is -0.600. The minimum absolute atomic E-state index is 0.346. The standard InChI is InChI=1S/C25H31N5O3S/c1-24(2)12-19-15(23(31)33-24)7-8-20(29-19)30-21-11-16-17(13-27-21)22(32-9-6-10-34-5)28-14-18(16)25(3,4)26/h7-8,11,13-14H,6,9-10,12,26H2,1-5H3,(H,27,29,30). The quantitative estimate of drug-likeness (QED) is 0.352. The molecule has 0 aromatic carbocycles. The van der Waals surface area contributed by atoms with Gasteiger partial charge in [0, 0.05) is 24.4 Å². The predicted molar refractivity (Wildman–Crippen MR) is 136 cm³/mol. The number of carbonyl (C=O) groups is 1. The van der Waals surface area contributed by atoms with Crippen LogP contribution in [-0.4, -0.2) is 45.1 Å². The van der Waals surface area contributed by atoms with Crippen LogP contribution in [0.25, 0.3) is 10.8 Å².